The molecule has 0 amide bonds. The van der Waals surface area contributed by atoms with Crippen LogP contribution in [0.25, 0.3) is 0 Å². The van der Waals surface area contributed by atoms with Gasteiger partial charge >= 0.3 is 0 Å². The number of amidine groups is 2. The minimum absolute atomic E-state index is 0.138. The Kier molecular flexibility index (Phi) is 5.39. The first kappa shape index (κ1) is 18.9. The molecule has 1 saturated heterocycles. The van der Waals surface area contributed by atoms with Crippen LogP contribution in [0, 0.1) is 0 Å². The van der Waals surface area contributed by atoms with Crippen molar-refractivity contribution in [3.05, 3.63) is 96.6 Å². The fraction of sp³-hybridized carbons (Fsp3) is 0.0909. The number of benzene rings is 3. The van der Waals surface area contributed by atoms with E-state index in [1.54, 1.807) is 30.3 Å². The van der Waals surface area contributed by atoms with Gasteiger partial charge in [0.1, 0.15) is 5.84 Å². The van der Waals surface area contributed by atoms with Crippen molar-refractivity contribution in [2.75, 3.05) is 11.6 Å². The van der Waals surface area contributed by atoms with Crippen LogP contribution in [0.3, 0.4) is 0 Å². The molecule has 4 rings (SSSR count). The van der Waals surface area contributed by atoms with Crippen molar-refractivity contribution in [3.8, 4) is 0 Å². The largest absolute Gasteiger partial charge is 0.286 e. The first-order valence-electron chi connectivity index (χ1n) is 9.24. The van der Waals surface area contributed by atoms with Crippen LogP contribution < -0.4 is 10.4 Å². The highest BCUT2D eigenvalue weighted by atomic mass is 32.2. The standard InChI is InChI=1S/C22H20N4O2S/c27-29(28,20-14-8-3-9-15-20)25-22(18-10-4-1-5-11-18)23-21-16-17-26(24-21)19-12-6-2-7-13-19/h1-15H,16-17H2,(H,23,24,25). The number of aliphatic imine (C=N–C) groups is 1. The van der Waals surface area contributed by atoms with Crippen LogP contribution in [0.4, 0.5) is 5.69 Å². The van der Waals surface area contributed by atoms with Crippen LogP contribution in [-0.4, -0.2) is 26.6 Å². The van der Waals surface area contributed by atoms with Gasteiger partial charge in [-0.15, -0.1) is 4.40 Å². The second kappa shape index (κ2) is 8.28. The minimum Gasteiger partial charge on any atom is -0.286 e. The van der Waals surface area contributed by atoms with Crippen molar-refractivity contribution in [1.82, 2.24) is 5.43 Å². The van der Waals surface area contributed by atoms with Crippen molar-refractivity contribution in [2.45, 2.75) is 11.3 Å². The van der Waals surface area contributed by atoms with E-state index in [9.17, 15) is 8.42 Å². The summed E-state index contributed by atoms with van der Waals surface area (Å²) in [6.45, 7) is 0.732. The van der Waals surface area contributed by atoms with Gasteiger partial charge in [-0.1, -0.05) is 66.7 Å². The van der Waals surface area contributed by atoms with Crippen LogP contribution >= 0.6 is 0 Å². The normalized spacial score (nSPS) is 16.1. The molecule has 0 saturated carbocycles. The van der Waals surface area contributed by atoms with Gasteiger partial charge in [0.2, 0.25) is 0 Å². The molecule has 0 bridgehead atoms. The van der Waals surface area contributed by atoms with Gasteiger partial charge in [0.05, 0.1) is 10.6 Å². The smallest absolute Gasteiger partial charge is 0.284 e. The number of hydrogen-bond acceptors (Lipinski definition) is 3. The van der Waals surface area contributed by atoms with Crippen LogP contribution in [0.15, 0.2) is 105 Å². The van der Waals surface area contributed by atoms with Crippen LogP contribution in [0.1, 0.15) is 12.0 Å². The van der Waals surface area contributed by atoms with Crippen LogP contribution in [-0.2, 0) is 10.0 Å². The number of sulfonamides is 1. The highest BCUT2D eigenvalue weighted by Gasteiger charge is 2.20. The monoisotopic (exact) mass is 404 g/mol. The molecule has 0 aromatic heterocycles. The molecule has 0 radical (unpaired) electrons. The number of hydrogen-bond donors (Lipinski definition) is 1. The van der Waals surface area contributed by atoms with Gasteiger partial charge < -0.3 is 0 Å². The first-order valence-corrected chi connectivity index (χ1v) is 10.7. The maximum Gasteiger partial charge on any atom is 0.284 e. The lowest BCUT2D eigenvalue weighted by molar-refractivity contribution is 0.598. The number of nitrogens with zero attached hydrogens (tertiary/aromatic N) is 3. The third-order valence-electron chi connectivity index (χ3n) is 4.42. The Hall–Kier alpha value is -3.45. The summed E-state index contributed by atoms with van der Waals surface area (Å²) >= 11 is 0. The van der Waals surface area contributed by atoms with Gasteiger partial charge in [-0.25, -0.2) is 4.99 Å². The average molecular weight is 404 g/mol. The van der Waals surface area contributed by atoms with Crippen molar-refractivity contribution >= 4 is 27.4 Å². The Morgan fingerprint density at radius 2 is 1.41 bits per heavy atom. The molecule has 3 aromatic rings. The highest BCUT2D eigenvalue weighted by Crippen LogP contribution is 2.17. The second-order valence-corrected chi connectivity index (χ2v) is 8.08. The van der Waals surface area contributed by atoms with Gasteiger partial charge in [-0.3, -0.25) is 10.4 Å². The van der Waals surface area contributed by atoms with Gasteiger partial charge in [0.15, 0.2) is 5.84 Å². The molecule has 1 heterocycles. The molecule has 0 spiro atoms. The molecular formula is C22H20N4O2S. The zero-order valence-electron chi connectivity index (χ0n) is 15.6. The molecule has 1 aliphatic heterocycles. The summed E-state index contributed by atoms with van der Waals surface area (Å²) < 4.78 is 29.6. The Balaban J connectivity index is 1.68. The van der Waals surface area contributed by atoms with E-state index in [0.29, 0.717) is 17.8 Å². The first-order chi connectivity index (χ1) is 14.1. The minimum atomic E-state index is -3.88. The Morgan fingerprint density at radius 1 is 0.828 bits per heavy atom. The van der Waals surface area contributed by atoms with E-state index < -0.39 is 10.0 Å². The number of hydrazine groups is 1. The van der Waals surface area contributed by atoms with Crippen molar-refractivity contribution in [2.24, 2.45) is 9.39 Å². The second-order valence-electron chi connectivity index (χ2n) is 6.48. The number of nitrogens with one attached hydrogen (secondary N) is 1. The lowest BCUT2D eigenvalue weighted by Gasteiger charge is -2.17. The molecule has 7 heteroatoms. The number of anilines is 1. The van der Waals surface area contributed by atoms with E-state index >= 15 is 0 Å². The quantitative estimate of drug-likeness (QED) is 0.532. The molecule has 1 aliphatic rings. The molecule has 3 aromatic carbocycles. The topological polar surface area (TPSA) is 74.1 Å². The fourth-order valence-electron chi connectivity index (χ4n) is 2.98. The van der Waals surface area contributed by atoms with Gasteiger partial charge in [-0.2, -0.15) is 8.42 Å². The maximum atomic E-state index is 12.8. The van der Waals surface area contributed by atoms with E-state index in [0.717, 1.165) is 12.2 Å². The van der Waals surface area contributed by atoms with Gasteiger partial charge in [0.25, 0.3) is 10.0 Å². The average Bonchev–Trinajstić information content (AvgIpc) is 3.24. The van der Waals surface area contributed by atoms with Crippen molar-refractivity contribution in [3.63, 3.8) is 0 Å². The summed E-state index contributed by atoms with van der Waals surface area (Å²) in [4.78, 5) is 4.70. The van der Waals surface area contributed by atoms with Gasteiger partial charge in [-0.05, 0) is 24.3 Å². The van der Waals surface area contributed by atoms with E-state index in [1.807, 2.05) is 53.5 Å². The van der Waals surface area contributed by atoms with E-state index in [4.69, 9.17) is 0 Å². The molecule has 29 heavy (non-hydrogen) atoms. The fourth-order valence-corrected chi connectivity index (χ4v) is 3.96. The third kappa shape index (κ3) is 4.52. The summed E-state index contributed by atoms with van der Waals surface area (Å²) in [6.07, 6.45) is 0.659. The SMILES string of the molecule is O=S(=O)(N=C(N=C1CCN(c2ccccc2)N1)c1ccccc1)c1ccccc1. The lowest BCUT2D eigenvalue weighted by Crippen LogP contribution is -2.33. The summed E-state index contributed by atoms with van der Waals surface area (Å²) in [6, 6.07) is 27.2. The highest BCUT2D eigenvalue weighted by molar-refractivity contribution is 7.90. The molecule has 146 valence electrons. The molecule has 0 unspecified atom stereocenters. The van der Waals surface area contributed by atoms with E-state index in [-0.39, 0.29) is 10.7 Å². The predicted octanol–water partition coefficient (Wildman–Crippen LogP) is 3.64. The Labute approximate surface area is 170 Å². The summed E-state index contributed by atoms with van der Waals surface area (Å²) in [5, 5.41) is 1.98. The lowest BCUT2D eigenvalue weighted by atomic mass is 10.2. The molecule has 6 nitrogen and oxygen atoms in total. The van der Waals surface area contributed by atoms with Crippen LogP contribution in [0.2, 0.25) is 0 Å². The van der Waals surface area contributed by atoms with E-state index in [2.05, 4.69) is 14.8 Å². The summed E-state index contributed by atoms with van der Waals surface area (Å²) in [5.74, 6) is 0.826. The molecule has 1 N–H and O–H groups in total. The zero-order valence-corrected chi connectivity index (χ0v) is 16.5. The molecule has 1 fully saturated rings. The van der Waals surface area contributed by atoms with Crippen LogP contribution in [0.5, 0.6) is 0 Å². The molecule has 0 aliphatic carbocycles. The van der Waals surface area contributed by atoms with Gasteiger partial charge in [0, 0.05) is 18.5 Å². The van der Waals surface area contributed by atoms with E-state index in [1.165, 1.54) is 12.1 Å². The Morgan fingerprint density at radius 3 is 2.07 bits per heavy atom. The summed E-state index contributed by atoms with van der Waals surface area (Å²) in [7, 11) is -3.88. The molecular weight excluding hydrogens is 384 g/mol. The Bertz CT molecular complexity index is 1130. The molecule has 0 atom stereocenters. The number of para-hydroxylation sites is 1. The number of rotatable bonds is 4. The summed E-state index contributed by atoms with van der Waals surface area (Å²) in [5.41, 5.74) is 4.90. The van der Waals surface area contributed by atoms with Crippen molar-refractivity contribution < 1.29 is 8.42 Å². The predicted molar refractivity (Wildman–Crippen MR) is 116 cm³/mol. The zero-order chi connectivity index (χ0) is 20.1. The maximum absolute atomic E-state index is 12.8. The third-order valence-corrected chi connectivity index (χ3v) is 5.71. The van der Waals surface area contributed by atoms with Crippen molar-refractivity contribution in [1.29, 1.82) is 0 Å².